The molecule has 1 saturated heterocycles. The van der Waals surface area contributed by atoms with Crippen LogP contribution in [-0.2, 0) is 14.6 Å². The number of piperidine rings is 1. The number of pyridine rings is 1. The van der Waals surface area contributed by atoms with Gasteiger partial charge in [0.1, 0.15) is 5.69 Å². The fourth-order valence-corrected chi connectivity index (χ4v) is 4.06. The Morgan fingerprint density at radius 3 is 2.57 bits per heavy atom. The van der Waals surface area contributed by atoms with E-state index >= 15 is 0 Å². The Bertz CT molecular complexity index is 707. The van der Waals surface area contributed by atoms with Crippen LogP contribution in [0.15, 0.2) is 21.5 Å². The van der Waals surface area contributed by atoms with Crippen LogP contribution in [0.3, 0.4) is 0 Å². The maximum absolute atomic E-state index is 12.5. The van der Waals surface area contributed by atoms with Crippen LogP contribution in [0.1, 0.15) is 12.8 Å². The molecule has 2 heterocycles. The monoisotopic (exact) mass is 377 g/mol. The summed E-state index contributed by atoms with van der Waals surface area (Å²) < 4.78 is 23.3. The third-order valence-corrected chi connectivity index (χ3v) is 6.12. The highest BCUT2D eigenvalue weighted by Gasteiger charge is 2.48. The van der Waals surface area contributed by atoms with E-state index in [1.807, 2.05) is 0 Å². The van der Waals surface area contributed by atoms with Gasteiger partial charge < -0.3 is 15.6 Å². The van der Waals surface area contributed by atoms with Gasteiger partial charge in [-0.05, 0) is 47.9 Å². The van der Waals surface area contributed by atoms with Gasteiger partial charge in [0.15, 0.2) is 14.6 Å². The lowest BCUT2D eigenvalue weighted by Crippen LogP contribution is -2.55. The molecular formula is C12H16BrN3O4S. The SMILES string of the molecule is CS(=O)(=O)C1(C(=O)Nc2cc(Br)c[nH]c2=O)CCNCC1. The first kappa shape index (κ1) is 16.2. The molecule has 1 amide bonds. The molecule has 0 aliphatic carbocycles. The normalized spacial score (nSPS) is 18.2. The van der Waals surface area contributed by atoms with Crippen LogP contribution in [0.4, 0.5) is 5.69 Å². The number of anilines is 1. The lowest BCUT2D eigenvalue weighted by atomic mass is 9.96. The zero-order valence-electron chi connectivity index (χ0n) is 11.4. The van der Waals surface area contributed by atoms with E-state index in [0.29, 0.717) is 17.6 Å². The van der Waals surface area contributed by atoms with Gasteiger partial charge in [-0.25, -0.2) is 8.42 Å². The first-order chi connectivity index (χ1) is 9.76. The largest absolute Gasteiger partial charge is 0.326 e. The van der Waals surface area contributed by atoms with Gasteiger partial charge in [-0.3, -0.25) is 9.59 Å². The molecule has 0 spiro atoms. The van der Waals surface area contributed by atoms with Crippen molar-refractivity contribution in [3.63, 3.8) is 0 Å². The van der Waals surface area contributed by atoms with Crippen LogP contribution in [0.5, 0.6) is 0 Å². The molecule has 2 rings (SSSR count). The standard InChI is InChI=1S/C12H16BrN3O4S/c1-21(19,20)12(2-4-14-5-3-12)11(18)16-9-6-8(13)7-15-10(9)17/h6-7,14H,2-5H2,1H3,(H,15,17)(H,16,18). The number of carbonyl (C=O) groups excluding carboxylic acids is 1. The average molecular weight is 378 g/mol. The van der Waals surface area contributed by atoms with Crippen molar-refractivity contribution in [2.45, 2.75) is 17.6 Å². The number of rotatable bonds is 3. The maximum Gasteiger partial charge on any atom is 0.271 e. The molecule has 0 bridgehead atoms. The van der Waals surface area contributed by atoms with Crippen molar-refractivity contribution in [3.05, 3.63) is 27.1 Å². The van der Waals surface area contributed by atoms with Crippen LogP contribution < -0.4 is 16.2 Å². The van der Waals surface area contributed by atoms with E-state index in [2.05, 4.69) is 31.5 Å². The topological polar surface area (TPSA) is 108 Å². The third-order valence-electron chi connectivity index (χ3n) is 3.65. The number of amides is 1. The quantitative estimate of drug-likeness (QED) is 0.699. The first-order valence-corrected chi connectivity index (χ1v) is 9.05. The molecule has 7 nitrogen and oxygen atoms in total. The predicted octanol–water partition coefficient (Wildman–Crippen LogP) is 0.243. The predicted molar refractivity (Wildman–Crippen MR) is 83.1 cm³/mol. The van der Waals surface area contributed by atoms with Crippen molar-refractivity contribution in [3.8, 4) is 0 Å². The summed E-state index contributed by atoms with van der Waals surface area (Å²) in [5, 5.41) is 5.48. The molecule has 0 radical (unpaired) electrons. The van der Waals surface area contributed by atoms with Crippen LogP contribution in [-0.4, -0.2) is 43.4 Å². The zero-order chi connectivity index (χ0) is 15.7. The summed E-state index contributed by atoms with van der Waals surface area (Å²) in [6.45, 7) is 0.880. The minimum absolute atomic E-state index is 0.0240. The molecule has 9 heteroatoms. The molecule has 1 aromatic rings. The minimum Gasteiger partial charge on any atom is -0.326 e. The van der Waals surface area contributed by atoms with Gasteiger partial charge in [-0.15, -0.1) is 0 Å². The van der Waals surface area contributed by atoms with Crippen molar-refractivity contribution in [2.75, 3.05) is 24.7 Å². The molecule has 0 atom stereocenters. The Morgan fingerprint density at radius 1 is 1.38 bits per heavy atom. The summed E-state index contributed by atoms with van der Waals surface area (Å²) in [6.07, 6.45) is 2.87. The van der Waals surface area contributed by atoms with E-state index in [0.717, 1.165) is 6.26 Å². The zero-order valence-corrected chi connectivity index (χ0v) is 13.8. The smallest absolute Gasteiger partial charge is 0.271 e. The second-order valence-corrected chi connectivity index (χ2v) is 8.27. The molecule has 1 fully saturated rings. The van der Waals surface area contributed by atoms with Crippen molar-refractivity contribution in [1.82, 2.24) is 10.3 Å². The summed E-state index contributed by atoms with van der Waals surface area (Å²) in [4.78, 5) is 26.7. The van der Waals surface area contributed by atoms with Crippen molar-refractivity contribution >= 4 is 37.4 Å². The molecule has 0 saturated carbocycles. The van der Waals surface area contributed by atoms with E-state index in [-0.39, 0.29) is 18.5 Å². The highest BCUT2D eigenvalue weighted by atomic mass is 79.9. The van der Waals surface area contributed by atoms with E-state index in [1.54, 1.807) is 0 Å². The number of sulfone groups is 1. The molecular weight excluding hydrogens is 362 g/mol. The Morgan fingerprint density at radius 2 is 2.00 bits per heavy atom. The maximum atomic E-state index is 12.5. The number of carbonyl (C=O) groups is 1. The van der Waals surface area contributed by atoms with Gasteiger partial charge in [0.05, 0.1) is 0 Å². The van der Waals surface area contributed by atoms with Gasteiger partial charge >= 0.3 is 0 Å². The van der Waals surface area contributed by atoms with Gasteiger partial charge in [-0.1, -0.05) is 0 Å². The lowest BCUT2D eigenvalue weighted by Gasteiger charge is -2.34. The van der Waals surface area contributed by atoms with Crippen LogP contribution in [0.25, 0.3) is 0 Å². The summed E-state index contributed by atoms with van der Waals surface area (Å²) in [5.41, 5.74) is -0.458. The van der Waals surface area contributed by atoms with E-state index in [9.17, 15) is 18.0 Å². The van der Waals surface area contributed by atoms with Gasteiger partial charge in [-0.2, -0.15) is 0 Å². The van der Waals surface area contributed by atoms with Crippen molar-refractivity contribution in [1.29, 1.82) is 0 Å². The second-order valence-electron chi connectivity index (χ2n) is 5.03. The Balaban J connectivity index is 2.36. The van der Waals surface area contributed by atoms with E-state index < -0.39 is 26.1 Å². The first-order valence-electron chi connectivity index (χ1n) is 6.36. The molecule has 1 aliphatic rings. The Labute approximate surface area is 130 Å². The summed E-state index contributed by atoms with van der Waals surface area (Å²) in [7, 11) is -3.61. The van der Waals surface area contributed by atoms with Crippen molar-refractivity contribution in [2.24, 2.45) is 0 Å². The van der Waals surface area contributed by atoms with E-state index in [4.69, 9.17) is 0 Å². The molecule has 0 unspecified atom stereocenters. The molecule has 0 aromatic carbocycles. The molecule has 21 heavy (non-hydrogen) atoms. The summed E-state index contributed by atoms with van der Waals surface area (Å²) >= 11 is 3.19. The summed E-state index contributed by atoms with van der Waals surface area (Å²) in [5.74, 6) is -0.657. The van der Waals surface area contributed by atoms with Crippen LogP contribution in [0, 0.1) is 0 Å². The van der Waals surface area contributed by atoms with E-state index in [1.165, 1.54) is 12.3 Å². The van der Waals surface area contributed by atoms with Gasteiger partial charge in [0.25, 0.3) is 5.56 Å². The Hall–Kier alpha value is -1.19. The second kappa shape index (κ2) is 5.90. The number of hydrogen-bond donors (Lipinski definition) is 3. The summed E-state index contributed by atoms with van der Waals surface area (Å²) in [6, 6.07) is 1.44. The number of H-pyrrole nitrogens is 1. The fraction of sp³-hybridized carbons (Fsp3) is 0.500. The molecule has 1 aromatic heterocycles. The lowest BCUT2D eigenvalue weighted by molar-refractivity contribution is -0.119. The van der Waals surface area contributed by atoms with Crippen molar-refractivity contribution < 1.29 is 13.2 Å². The number of halogens is 1. The highest BCUT2D eigenvalue weighted by molar-refractivity contribution is 9.10. The van der Waals surface area contributed by atoms with Gasteiger partial charge in [0, 0.05) is 16.9 Å². The minimum atomic E-state index is -3.61. The third kappa shape index (κ3) is 3.19. The number of hydrogen-bond acceptors (Lipinski definition) is 5. The average Bonchev–Trinajstić information content (AvgIpc) is 2.42. The highest BCUT2D eigenvalue weighted by Crippen LogP contribution is 2.29. The number of nitrogens with one attached hydrogen (secondary N) is 3. The number of aromatic nitrogens is 1. The fourth-order valence-electron chi connectivity index (χ4n) is 2.38. The molecule has 3 N–H and O–H groups in total. The number of aromatic amines is 1. The van der Waals surface area contributed by atoms with Gasteiger partial charge in [0.2, 0.25) is 5.91 Å². The van der Waals surface area contributed by atoms with Crippen LogP contribution in [0.2, 0.25) is 0 Å². The molecule has 116 valence electrons. The Kier molecular flexibility index (Phi) is 4.54. The molecule has 1 aliphatic heterocycles. The van der Waals surface area contributed by atoms with Crippen LogP contribution >= 0.6 is 15.9 Å².